The summed E-state index contributed by atoms with van der Waals surface area (Å²) < 4.78 is 0. The van der Waals surface area contributed by atoms with Gasteiger partial charge in [0.2, 0.25) is 0 Å². The van der Waals surface area contributed by atoms with E-state index in [2.05, 4.69) is 5.32 Å². The first-order valence-corrected chi connectivity index (χ1v) is 5.79. The van der Waals surface area contributed by atoms with E-state index in [0.717, 1.165) is 12.0 Å². The minimum Gasteiger partial charge on any atom is -0.350 e. The molecule has 0 bridgehead atoms. The molecule has 4 heteroatoms. The van der Waals surface area contributed by atoms with Crippen molar-refractivity contribution in [2.24, 2.45) is 0 Å². The lowest BCUT2D eigenvalue weighted by molar-refractivity contribution is -0.127. The van der Waals surface area contributed by atoms with Crippen molar-refractivity contribution in [3.8, 4) is 0 Å². The second kappa shape index (κ2) is 4.61. The number of rotatable bonds is 3. The average Bonchev–Trinajstić information content (AvgIpc) is 2.58. The van der Waals surface area contributed by atoms with Crippen LogP contribution in [0.5, 0.6) is 0 Å². The van der Waals surface area contributed by atoms with Crippen LogP contribution in [0.15, 0.2) is 30.3 Å². The number of nitrogens with one attached hydrogen (secondary N) is 1. The van der Waals surface area contributed by atoms with Gasteiger partial charge in [0.25, 0.3) is 5.91 Å². The Hall–Kier alpha value is -1.42. The number of thiocarbonyl (C=S) groups is 1. The Labute approximate surface area is 100 Å². The van der Waals surface area contributed by atoms with Gasteiger partial charge in [-0.15, -0.1) is 0 Å². The highest BCUT2D eigenvalue weighted by Gasteiger charge is 2.33. The highest BCUT2D eigenvalue weighted by Crippen LogP contribution is 2.13. The smallest absolute Gasteiger partial charge is 0.251 e. The Morgan fingerprint density at radius 1 is 1.38 bits per heavy atom. The summed E-state index contributed by atoms with van der Waals surface area (Å²) in [6.07, 6.45) is 0.768. The maximum atomic E-state index is 11.9. The zero-order chi connectivity index (χ0) is 11.5. The van der Waals surface area contributed by atoms with Crippen LogP contribution in [0.3, 0.4) is 0 Å². The fraction of sp³-hybridized carbons (Fsp3) is 0.333. The molecule has 1 aliphatic rings. The van der Waals surface area contributed by atoms with Gasteiger partial charge in [0.1, 0.15) is 6.04 Å². The molecule has 1 amide bonds. The standard InChI is InChI=1S/C12H14N2OS/c1-2-10-11(15)14(12(16)13-10)8-9-6-4-3-5-7-9/h3-7,10H,2,8H2,1H3,(H,13,16)/t10-/m1/s1. The summed E-state index contributed by atoms with van der Waals surface area (Å²) in [5, 5.41) is 3.57. The van der Waals surface area contributed by atoms with E-state index in [4.69, 9.17) is 12.2 Å². The molecule has 0 spiro atoms. The molecule has 1 N–H and O–H groups in total. The van der Waals surface area contributed by atoms with Gasteiger partial charge in [-0.2, -0.15) is 0 Å². The Balaban J connectivity index is 2.11. The van der Waals surface area contributed by atoms with E-state index in [9.17, 15) is 4.79 Å². The zero-order valence-corrected chi connectivity index (χ0v) is 9.96. The normalized spacial score (nSPS) is 20.1. The van der Waals surface area contributed by atoms with Crippen molar-refractivity contribution in [1.29, 1.82) is 0 Å². The fourth-order valence-electron chi connectivity index (χ4n) is 1.77. The SMILES string of the molecule is CC[C@H]1NC(=S)N(Cc2ccccc2)C1=O. The number of amides is 1. The van der Waals surface area contributed by atoms with E-state index in [1.165, 1.54) is 0 Å². The zero-order valence-electron chi connectivity index (χ0n) is 9.14. The van der Waals surface area contributed by atoms with Crippen LogP contribution in [-0.4, -0.2) is 22.0 Å². The van der Waals surface area contributed by atoms with E-state index in [0.29, 0.717) is 11.7 Å². The fourth-order valence-corrected chi connectivity index (χ4v) is 2.07. The largest absolute Gasteiger partial charge is 0.350 e. The Kier molecular flexibility index (Phi) is 3.19. The predicted octanol–water partition coefficient (Wildman–Crippen LogP) is 1.68. The van der Waals surface area contributed by atoms with Crippen LogP contribution >= 0.6 is 12.2 Å². The number of benzene rings is 1. The Morgan fingerprint density at radius 3 is 2.62 bits per heavy atom. The van der Waals surface area contributed by atoms with E-state index in [1.807, 2.05) is 37.3 Å². The van der Waals surface area contributed by atoms with Gasteiger partial charge in [0.15, 0.2) is 5.11 Å². The molecule has 0 unspecified atom stereocenters. The molecular weight excluding hydrogens is 220 g/mol. The maximum Gasteiger partial charge on any atom is 0.251 e. The summed E-state index contributed by atoms with van der Waals surface area (Å²) in [4.78, 5) is 13.6. The molecule has 3 nitrogen and oxygen atoms in total. The number of carbonyl (C=O) groups excluding carboxylic acids is 1. The van der Waals surface area contributed by atoms with Crippen LogP contribution in [0.1, 0.15) is 18.9 Å². The number of nitrogens with zero attached hydrogens (tertiary/aromatic N) is 1. The lowest BCUT2D eigenvalue weighted by Gasteiger charge is -2.14. The first kappa shape index (κ1) is 11.1. The van der Waals surface area contributed by atoms with Gasteiger partial charge in [-0.25, -0.2) is 0 Å². The van der Waals surface area contributed by atoms with Crippen LogP contribution in [-0.2, 0) is 11.3 Å². The third-order valence-corrected chi connectivity index (χ3v) is 3.04. The second-order valence-corrected chi connectivity index (χ2v) is 4.21. The van der Waals surface area contributed by atoms with Gasteiger partial charge in [-0.05, 0) is 24.2 Å². The van der Waals surface area contributed by atoms with E-state index in [-0.39, 0.29) is 11.9 Å². The number of hydrogen-bond donors (Lipinski definition) is 1. The van der Waals surface area contributed by atoms with Crippen molar-refractivity contribution >= 4 is 23.2 Å². The monoisotopic (exact) mass is 234 g/mol. The molecular formula is C12H14N2OS. The summed E-state index contributed by atoms with van der Waals surface area (Å²) in [5.41, 5.74) is 1.09. The molecule has 0 aliphatic carbocycles. The molecule has 1 heterocycles. The van der Waals surface area contributed by atoms with Gasteiger partial charge in [-0.1, -0.05) is 37.3 Å². The number of hydrogen-bond acceptors (Lipinski definition) is 2. The van der Waals surface area contributed by atoms with Crippen LogP contribution in [0.2, 0.25) is 0 Å². The van der Waals surface area contributed by atoms with Crippen LogP contribution in [0, 0.1) is 0 Å². The van der Waals surface area contributed by atoms with Gasteiger partial charge in [0.05, 0.1) is 6.54 Å². The molecule has 0 aromatic heterocycles. The molecule has 1 atom stereocenters. The summed E-state index contributed by atoms with van der Waals surface area (Å²) in [6, 6.07) is 9.73. The summed E-state index contributed by atoms with van der Waals surface area (Å²) in [7, 11) is 0. The molecule has 1 fully saturated rings. The van der Waals surface area contributed by atoms with E-state index in [1.54, 1.807) is 4.90 Å². The quantitative estimate of drug-likeness (QED) is 0.808. The summed E-state index contributed by atoms with van der Waals surface area (Å²) in [6.45, 7) is 2.53. The lowest BCUT2D eigenvalue weighted by Crippen LogP contribution is -2.30. The summed E-state index contributed by atoms with van der Waals surface area (Å²) in [5.74, 6) is 0.0800. The van der Waals surface area contributed by atoms with E-state index < -0.39 is 0 Å². The van der Waals surface area contributed by atoms with Gasteiger partial charge < -0.3 is 5.32 Å². The topological polar surface area (TPSA) is 32.3 Å². The van der Waals surface area contributed by atoms with Crippen molar-refractivity contribution in [1.82, 2.24) is 10.2 Å². The van der Waals surface area contributed by atoms with Gasteiger partial charge in [-0.3, -0.25) is 9.69 Å². The molecule has 1 aromatic rings. The molecule has 1 aliphatic heterocycles. The highest BCUT2D eigenvalue weighted by molar-refractivity contribution is 7.80. The van der Waals surface area contributed by atoms with Crippen molar-refractivity contribution in [2.45, 2.75) is 25.9 Å². The van der Waals surface area contributed by atoms with E-state index >= 15 is 0 Å². The molecule has 84 valence electrons. The first-order chi connectivity index (χ1) is 7.72. The molecule has 0 saturated carbocycles. The third-order valence-electron chi connectivity index (χ3n) is 2.70. The second-order valence-electron chi connectivity index (χ2n) is 3.82. The van der Waals surface area contributed by atoms with Crippen molar-refractivity contribution in [2.75, 3.05) is 0 Å². The Morgan fingerprint density at radius 2 is 2.06 bits per heavy atom. The lowest BCUT2D eigenvalue weighted by atomic mass is 10.2. The summed E-state index contributed by atoms with van der Waals surface area (Å²) >= 11 is 5.15. The Bertz CT molecular complexity index is 405. The highest BCUT2D eigenvalue weighted by atomic mass is 32.1. The minimum absolute atomic E-state index is 0.0800. The predicted molar refractivity (Wildman–Crippen MR) is 66.8 cm³/mol. The number of carbonyl (C=O) groups is 1. The van der Waals surface area contributed by atoms with Crippen molar-refractivity contribution < 1.29 is 4.79 Å². The van der Waals surface area contributed by atoms with Crippen molar-refractivity contribution in [3.63, 3.8) is 0 Å². The van der Waals surface area contributed by atoms with Gasteiger partial charge >= 0.3 is 0 Å². The molecule has 0 radical (unpaired) electrons. The molecule has 16 heavy (non-hydrogen) atoms. The average molecular weight is 234 g/mol. The van der Waals surface area contributed by atoms with Crippen LogP contribution in [0.4, 0.5) is 0 Å². The van der Waals surface area contributed by atoms with Crippen molar-refractivity contribution in [3.05, 3.63) is 35.9 Å². The van der Waals surface area contributed by atoms with Crippen LogP contribution in [0.25, 0.3) is 0 Å². The molecule has 2 rings (SSSR count). The molecule has 1 aromatic carbocycles. The third kappa shape index (κ3) is 2.07. The minimum atomic E-state index is -0.142. The van der Waals surface area contributed by atoms with Gasteiger partial charge in [0, 0.05) is 0 Å². The van der Waals surface area contributed by atoms with Crippen LogP contribution < -0.4 is 5.32 Å². The first-order valence-electron chi connectivity index (χ1n) is 5.38. The maximum absolute atomic E-state index is 11.9. The molecule has 1 saturated heterocycles.